The van der Waals surface area contributed by atoms with Crippen molar-refractivity contribution in [1.82, 2.24) is 15.1 Å². The molecule has 0 aliphatic heterocycles. The highest BCUT2D eigenvalue weighted by atomic mass is 16.5. The number of para-hydroxylation sites is 1. The molecule has 28 heavy (non-hydrogen) atoms. The molecule has 1 amide bonds. The van der Waals surface area contributed by atoms with Gasteiger partial charge in [0.2, 0.25) is 5.91 Å². The van der Waals surface area contributed by atoms with Crippen LogP contribution in [-0.4, -0.2) is 22.3 Å². The van der Waals surface area contributed by atoms with Gasteiger partial charge in [-0.1, -0.05) is 48.5 Å². The van der Waals surface area contributed by atoms with Crippen LogP contribution >= 0.6 is 0 Å². The summed E-state index contributed by atoms with van der Waals surface area (Å²) < 4.78 is 7.70. The van der Waals surface area contributed by atoms with Crippen LogP contribution in [0.15, 0.2) is 66.9 Å². The molecule has 4 rings (SSSR count). The number of ether oxygens (including phenoxy) is 1. The molecule has 0 saturated heterocycles. The van der Waals surface area contributed by atoms with E-state index in [0.29, 0.717) is 13.0 Å². The maximum absolute atomic E-state index is 12.4. The summed E-state index contributed by atoms with van der Waals surface area (Å²) in [5.41, 5.74) is 3.62. The van der Waals surface area contributed by atoms with Gasteiger partial charge in [-0.25, -0.2) is 0 Å². The van der Waals surface area contributed by atoms with E-state index in [2.05, 4.69) is 27.2 Å². The number of nitrogens with zero attached hydrogens (tertiary/aromatic N) is 2. The Labute approximate surface area is 165 Å². The average Bonchev–Trinajstić information content (AvgIpc) is 3.13. The van der Waals surface area contributed by atoms with E-state index in [0.717, 1.165) is 37.1 Å². The van der Waals surface area contributed by atoms with E-state index in [-0.39, 0.29) is 11.9 Å². The van der Waals surface area contributed by atoms with Crippen molar-refractivity contribution < 1.29 is 9.53 Å². The number of fused-ring (bicyclic) bond motifs is 1. The number of nitrogens with one attached hydrogen (secondary N) is 1. The van der Waals surface area contributed by atoms with Gasteiger partial charge in [-0.2, -0.15) is 5.10 Å². The lowest BCUT2D eigenvalue weighted by Gasteiger charge is -2.24. The van der Waals surface area contributed by atoms with Crippen molar-refractivity contribution in [1.29, 1.82) is 0 Å². The van der Waals surface area contributed by atoms with Crippen LogP contribution < -0.4 is 10.1 Å². The fourth-order valence-electron chi connectivity index (χ4n) is 3.71. The van der Waals surface area contributed by atoms with Gasteiger partial charge in [0.15, 0.2) is 0 Å². The Bertz CT molecular complexity index is 906. The lowest BCUT2D eigenvalue weighted by Crippen LogP contribution is -2.31. The Hall–Kier alpha value is -3.08. The number of carbonyl (C=O) groups excluding carboxylic acids is 1. The molecule has 1 N–H and O–H groups in total. The standard InChI is InChI=1S/C23H25N3O2/c27-23(14-15-28-19-10-5-2-6-11-19)25-21-12-7-13-22-20(21)16-24-26(22)17-18-8-3-1-4-9-18/h1-6,8-11,16,21H,7,12-15,17H2,(H,25,27)/t21-/m1/s1. The van der Waals surface area contributed by atoms with Gasteiger partial charge in [-0.3, -0.25) is 9.48 Å². The average molecular weight is 375 g/mol. The Kier molecular flexibility index (Phi) is 5.71. The van der Waals surface area contributed by atoms with Gasteiger partial charge in [-0.15, -0.1) is 0 Å². The second-order valence-electron chi connectivity index (χ2n) is 7.11. The molecule has 0 fully saturated rings. The zero-order valence-corrected chi connectivity index (χ0v) is 15.9. The van der Waals surface area contributed by atoms with Crippen molar-refractivity contribution in [3.63, 3.8) is 0 Å². The van der Waals surface area contributed by atoms with E-state index in [1.54, 1.807) is 0 Å². The minimum atomic E-state index is 0.0181. The second kappa shape index (κ2) is 8.74. The van der Waals surface area contributed by atoms with E-state index in [1.165, 1.54) is 11.3 Å². The molecule has 1 atom stereocenters. The maximum Gasteiger partial charge on any atom is 0.223 e. The van der Waals surface area contributed by atoms with Crippen LogP contribution in [0.25, 0.3) is 0 Å². The third kappa shape index (κ3) is 4.42. The molecule has 2 aromatic carbocycles. The zero-order chi connectivity index (χ0) is 19.2. The van der Waals surface area contributed by atoms with Gasteiger partial charge in [-0.05, 0) is 37.0 Å². The van der Waals surface area contributed by atoms with Crippen molar-refractivity contribution in [2.75, 3.05) is 6.61 Å². The summed E-state index contributed by atoms with van der Waals surface area (Å²) in [7, 11) is 0. The highest BCUT2D eigenvalue weighted by Crippen LogP contribution is 2.30. The summed E-state index contributed by atoms with van der Waals surface area (Å²) >= 11 is 0. The molecule has 0 spiro atoms. The second-order valence-corrected chi connectivity index (χ2v) is 7.11. The van der Waals surface area contributed by atoms with Gasteiger partial charge >= 0.3 is 0 Å². The quantitative estimate of drug-likeness (QED) is 0.681. The predicted molar refractivity (Wildman–Crippen MR) is 108 cm³/mol. The monoisotopic (exact) mass is 375 g/mol. The Morgan fingerprint density at radius 1 is 1.11 bits per heavy atom. The van der Waals surface area contributed by atoms with Gasteiger partial charge < -0.3 is 10.1 Å². The molecule has 0 bridgehead atoms. The lowest BCUT2D eigenvalue weighted by molar-refractivity contribution is -0.122. The SMILES string of the molecule is O=C(CCOc1ccccc1)N[C@@H]1CCCc2c1cnn2Cc1ccccc1. The van der Waals surface area contributed by atoms with E-state index in [1.807, 2.05) is 54.7 Å². The summed E-state index contributed by atoms with van der Waals surface area (Å²) in [6.07, 6.45) is 5.28. The first-order valence-electron chi connectivity index (χ1n) is 9.85. The van der Waals surface area contributed by atoms with Crippen LogP contribution in [0.2, 0.25) is 0 Å². The van der Waals surface area contributed by atoms with E-state index < -0.39 is 0 Å². The number of carbonyl (C=O) groups is 1. The zero-order valence-electron chi connectivity index (χ0n) is 15.9. The van der Waals surface area contributed by atoms with Crippen molar-refractivity contribution in [3.05, 3.63) is 83.7 Å². The Balaban J connectivity index is 1.35. The maximum atomic E-state index is 12.4. The molecule has 1 heterocycles. The Morgan fingerprint density at radius 2 is 1.86 bits per heavy atom. The molecule has 0 unspecified atom stereocenters. The molecule has 5 nitrogen and oxygen atoms in total. The van der Waals surface area contributed by atoms with E-state index in [4.69, 9.17) is 4.74 Å². The van der Waals surface area contributed by atoms with Crippen molar-refractivity contribution in [2.24, 2.45) is 0 Å². The van der Waals surface area contributed by atoms with Crippen LogP contribution in [0.5, 0.6) is 5.75 Å². The minimum absolute atomic E-state index is 0.0181. The molecule has 1 aliphatic rings. The van der Waals surface area contributed by atoms with Gasteiger partial charge in [0.1, 0.15) is 5.75 Å². The number of rotatable bonds is 7. The Morgan fingerprint density at radius 3 is 2.64 bits per heavy atom. The van der Waals surface area contributed by atoms with Crippen LogP contribution in [0.1, 0.15) is 42.1 Å². The first kappa shape index (κ1) is 18.3. The highest BCUT2D eigenvalue weighted by molar-refractivity contribution is 5.76. The molecule has 1 aromatic heterocycles. The molecular weight excluding hydrogens is 350 g/mol. The highest BCUT2D eigenvalue weighted by Gasteiger charge is 2.25. The summed E-state index contributed by atoms with van der Waals surface area (Å²) in [6.45, 7) is 1.14. The number of amides is 1. The molecule has 5 heteroatoms. The fraction of sp³-hybridized carbons (Fsp3) is 0.304. The van der Waals surface area contributed by atoms with Crippen molar-refractivity contribution in [3.8, 4) is 5.75 Å². The third-order valence-corrected chi connectivity index (χ3v) is 5.11. The molecule has 0 saturated carbocycles. The number of benzene rings is 2. The first-order valence-corrected chi connectivity index (χ1v) is 9.85. The molecule has 144 valence electrons. The van der Waals surface area contributed by atoms with Crippen LogP contribution in [-0.2, 0) is 17.8 Å². The largest absolute Gasteiger partial charge is 0.493 e. The summed E-state index contributed by atoms with van der Waals surface area (Å²) in [5, 5.41) is 7.76. The van der Waals surface area contributed by atoms with E-state index >= 15 is 0 Å². The number of hydrogen-bond donors (Lipinski definition) is 1. The molecule has 0 radical (unpaired) electrons. The molecule has 1 aliphatic carbocycles. The van der Waals surface area contributed by atoms with Gasteiger partial charge in [0, 0.05) is 11.3 Å². The summed E-state index contributed by atoms with van der Waals surface area (Å²) in [6, 6.07) is 20.0. The number of hydrogen-bond acceptors (Lipinski definition) is 3. The van der Waals surface area contributed by atoms with E-state index in [9.17, 15) is 4.79 Å². The third-order valence-electron chi connectivity index (χ3n) is 5.11. The van der Waals surface area contributed by atoms with Crippen molar-refractivity contribution in [2.45, 2.75) is 38.3 Å². The molecular formula is C23H25N3O2. The minimum Gasteiger partial charge on any atom is -0.493 e. The fourth-order valence-corrected chi connectivity index (χ4v) is 3.71. The van der Waals surface area contributed by atoms with Gasteiger partial charge in [0.05, 0.1) is 31.8 Å². The topological polar surface area (TPSA) is 56.1 Å². The normalized spacial score (nSPS) is 15.6. The van der Waals surface area contributed by atoms with Gasteiger partial charge in [0.25, 0.3) is 0 Å². The van der Waals surface area contributed by atoms with Crippen LogP contribution in [0.3, 0.4) is 0 Å². The molecule has 3 aromatic rings. The van der Waals surface area contributed by atoms with Crippen LogP contribution in [0.4, 0.5) is 0 Å². The van der Waals surface area contributed by atoms with Crippen molar-refractivity contribution >= 4 is 5.91 Å². The summed E-state index contributed by atoms with van der Waals surface area (Å²) in [4.78, 5) is 12.4. The predicted octanol–water partition coefficient (Wildman–Crippen LogP) is 3.89. The lowest BCUT2D eigenvalue weighted by atomic mass is 9.92. The number of aromatic nitrogens is 2. The van der Waals surface area contributed by atoms with Crippen LogP contribution in [0, 0.1) is 0 Å². The first-order chi connectivity index (χ1) is 13.8. The summed E-state index contributed by atoms with van der Waals surface area (Å²) in [5.74, 6) is 0.807. The smallest absolute Gasteiger partial charge is 0.223 e.